The zero-order valence-corrected chi connectivity index (χ0v) is 10.0. The quantitative estimate of drug-likeness (QED) is 0.750. The van der Waals surface area contributed by atoms with E-state index in [0.29, 0.717) is 6.54 Å². The Morgan fingerprint density at radius 2 is 2.13 bits per heavy atom. The molecule has 0 bridgehead atoms. The molecule has 3 nitrogen and oxygen atoms in total. The summed E-state index contributed by atoms with van der Waals surface area (Å²) in [4.78, 5) is 0. The number of hydrogen-bond donors (Lipinski definition) is 1. The van der Waals surface area contributed by atoms with E-state index < -0.39 is 0 Å². The first-order valence-electron chi connectivity index (χ1n) is 5.49. The molecule has 0 unspecified atom stereocenters. The molecule has 0 aliphatic rings. The summed E-state index contributed by atoms with van der Waals surface area (Å²) in [6.07, 6.45) is 1.92. The first-order valence-corrected chi connectivity index (χ1v) is 5.49. The molecular formula is C12H21N3. The monoisotopic (exact) mass is 207 g/mol. The summed E-state index contributed by atoms with van der Waals surface area (Å²) in [7, 11) is 0. The van der Waals surface area contributed by atoms with Crippen LogP contribution < -0.4 is 5.73 Å². The molecule has 2 N–H and O–H groups in total. The predicted molar refractivity (Wildman–Crippen MR) is 63.9 cm³/mol. The zero-order chi connectivity index (χ0) is 11.4. The molecule has 0 spiro atoms. The summed E-state index contributed by atoms with van der Waals surface area (Å²) >= 11 is 0. The molecule has 0 aliphatic heterocycles. The summed E-state index contributed by atoms with van der Waals surface area (Å²) < 4.78 is 2.03. The Morgan fingerprint density at radius 3 is 2.67 bits per heavy atom. The lowest BCUT2D eigenvalue weighted by molar-refractivity contribution is 0.639. The van der Waals surface area contributed by atoms with E-state index in [1.54, 1.807) is 0 Å². The van der Waals surface area contributed by atoms with E-state index in [4.69, 9.17) is 5.73 Å². The van der Waals surface area contributed by atoms with Gasteiger partial charge in [-0.15, -0.1) is 0 Å². The van der Waals surface area contributed by atoms with Crippen molar-refractivity contribution in [3.8, 4) is 0 Å². The minimum Gasteiger partial charge on any atom is -0.330 e. The molecule has 0 fully saturated rings. The average molecular weight is 207 g/mol. The normalized spacial score (nSPS) is 10.7. The number of rotatable bonds is 5. The van der Waals surface area contributed by atoms with Gasteiger partial charge in [0.2, 0.25) is 0 Å². The van der Waals surface area contributed by atoms with Crippen LogP contribution >= 0.6 is 0 Å². The Bertz CT molecular complexity index is 350. The number of aryl methyl sites for hydroxylation is 1. The Kier molecular flexibility index (Phi) is 4.09. The van der Waals surface area contributed by atoms with Crippen molar-refractivity contribution < 1.29 is 0 Å². The van der Waals surface area contributed by atoms with Crippen LogP contribution in [-0.2, 0) is 13.0 Å². The highest BCUT2D eigenvalue weighted by Gasteiger charge is 2.10. The molecule has 1 rings (SSSR count). The van der Waals surface area contributed by atoms with Gasteiger partial charge in [0.15, 0.2) is 0 Å². The van der Waals surface area contributed by atoms with Gasteiger partial charge in [-0.2, -0.15) is 5.10 Å². The smallest absolute Gasteiger partial charge is 0.0629 e. The fourth-order valence-electron chi connectivity index (χ4n) is 1.72. The number of allylic oxidation sites excluding steroid dienone is 1. The van der Waals surface area contributed by atoms with E-state index in [1.807, 2.05) is 11.6 Å². The van der Waals surface area contributed by atoms with Gasteiger partial charge in [-0.05, 0) is 38.8 Å². The van der Waals surface area contributed by atoms with E-state index in [-0.39, 0.29) is 0 Å². The van der Waals surface area contributed by atoms with Crippen molar-refractivity contribution in [2.24, 2.45) is 5.73 Å². The molecule has 3 heteroatoms. The fraction of sp³-hybridized carbons (Fsp3) is 0.583. The Hall–Kier alpha value is -1.09. The van der Waals surface area contributed by atoms with Crippen molar-refractivity contribution in [2.45, 2.75) is 40.2 Å². The van der Waals surface area contributed by atoms with Crippen molar-refractivity contribution in [2.75, 3.05) is 6.54 Å². The predicted octanol–water partition coefficient (Wildman–Crippen LogP) is 1.97. The summed E-state index contributed by atoms with van der Waals surface area (Å²) in [6.45, 7) is 11.8. The second-order valence-corrected chi connectivity index (χ2v) is 3.95. The summed E-state index contributed by atoms with van der Waals surface area (Å²) in [5.74, 6) is 0. The molecular weight excluding hydrogens is 186 g/mol. The highest BCUT2D eigenvalue weighted by molar-refractivity contribution is 5.25. The van der Waals surface area contributed by atoms with Crippen molar-refractivity contribution >= 4 is 0 Å². The number of nitrogens with two attached hydrogens (primary N) is 1. The molecule has 1 aromatic rings. The number of aromatic nitrogens is 2. The van der Waals surface area contributed by atoms with Crippen LogP contribution in [0.3, 0.4) is 0 Å². The third kappa shape index (κ3) is 2.69. The van der Waals surface area contributed by atoms with E-state index in [9.17, 15) is 0 Å². The summed E-state index contributed by atoms with van der Waals surface area (Å²) in [5.41, 5.74) is 10.4. The first-order chi connectivity index (χ1) is 7.10. The average Bonchev–Trinajstić information content (AvgIpc) is 2.46. The van der Waals surface area contributed by atoms with Crippen LogP contribution in [-0.4, -0.2) is 16.3 Å². The third-order valence-electron chi connectivity index (χ3n) is 2.80. The van der Waals surface area contributed by atoms with E-state index in [0.717, 1.165) is 25.1 Å². The fourth-order valence-corrected chi connectivity index (χ4v) is 1.72. The minimum absolute atomic E-state index is 0.683. The molecule has 15 heavy (non-hydrogen) atoms. The largest absolute Gasteiger partial charge is 0.330 e. The van der Waals surface area contributed by atoms with Crippen LogP contribution in [0.2, 0.25) is 0 Å². The highest BCUT2D eigenvalue weighted by Crippen LogP contribution is 2.14. The van der Waals surface area contributed by atoms with Gasteiger partial charge >= 0.3 is 0 Å². The minimum atomic E-state index is 0.683. The van der Waals surface area contributed by atoms with Gasteiger partial charge in [-0.3, -0.25) is 4.68 Å². The molecule has 0 atom stereocenters. The van der Waals surface area contributed by atoms with E-state index in [1.165, 1.54) is 16.8 Å². The molecule has 84 valence electrons. The molecule has 0 saturated heterocycles. The maximum atomic E-state index is 5.58. The lowest BCUT2D eigenvalue weighted by Gasteiger charge is -2.06. The van der Waals surface area contributed by atoms with Gasteiger partial charge in [0, 0.05) is 5.69 Å². The SMILES string of the molecule is C=C(CC)Cn1nc(C)c(CCN)c1C. The third-order valence-corrected chi connectivity index (χ3v) is 2.80. The number of nitrogens with zero attached hydrogens (tertiary/aromatic N) is 2. The van der Waals surface area contributed by atoms with Gasteiger partial charge < -0.3 is 5.73 Å². The van der Waals surface area contributed by atoms with Crippen LogP contribution in [0, 0.1) is 13.8 Å². The topological polar surface area (TPSA) is 43.8 Å². The number of hydrogen-bond acceptors (Lipinski definition) is 2. The van der Waals surface area contributed by atoms with Crippen LogP contribution in [0.15, 0.2) is 12.2 Å². The maximum absolute atomic E-state index is 5.58. The lowest BCUT2D eigenvalue weighted by atomic mass is 10.1. The van der Waals surface area contributed by atoms with Crippen LogP contribution in [0.4, 0.5) is 0 Å². The highest BCUT2D eigenvalue weighted by atomic mass is 15.3. The molecule has 0 saturated carbocycles. The van der Waals surface area contributed by atoms with Crippen molar-refractivity contribution in [3.05, 3.63) is 29.1 Å². The van der Waals surface area contributed by atoms with Gasteiger partial charge in [0.25, 0.3) is 0 Å². The van der Waals surface area contributed by atoms with E-state index in [2.05, 4.69) is 25.5 Å². The van der Waals surface area contributed by atoms with Crippen LogP contribution in [0.1, 0.15) is 30.3 Å². The first kappa shape index (κ1) is 12.0. The molecule has 1 heterocycles. The molecule has 0 amide bonds. The van der Waals surface area contributed by atoms with Gasteiger partial charge in [-0.25, -0.2) is 0 Å². The van der Waals surface area contributed by atoms with Crippen molar-refractivity contribution in [1.29, 1.82) is 0 Å². The van der Waals surface area contributed by atoms with Crippen LogP contribution in [0.5, 0.6) is 0 Å². The maximum Gasteiger partial charge on any atom is 0.0629 e. The van der Waals surface area contributed by atoms with Gasteiger partial charge in [0.1, 0.15) is 0 Å². The summed E-state index contributed by atoms with van der Waals surface area (Å²) in [5, 5.41) is 4.52. The molecule has 0 radical (unpaired) electrons. The Balaban J connectivity index is 2.90. The Morgan fingerprint density at radius 1 is 1.47 bits per heavy atom. The lowest BCUT2D eigenvalue weighted by Crippen LogP contribution is -2.06. The molecule has 0 aromatic carbocycles. The second-order valence-electron chi connectivity index (χ2n) is 3.95. The van der Waals surface area contributed by atoms with Crippen LogP contribution in [0.25, 0.3) is 0 Å². The Labute approximate surface area is 92.0 Å². The van der Waals surface area contributed by atoms with E-state index >= 15 is 0 Å². The zero-order valence-electron chi connectivity index (χ0n) is 10.0. The van der Waals surface area contributed by atoms with Crippen molar-refractivity contribution in [1.82, 2.24) is 9.78 Å². The van der Waals surface area contributed by atoms with Crippen molar-refractivity contribution in [3.63, 3.8) is 0 Å². The summed E-state index contributed by atoms with van der Waals surface area (Å²) in [6, 6.07) is 0. The second kappa shape index (κ2) is 5.12. The van der Waals surface area contributed by atoms with Gasteiger partial charge in [-0.1, -0.05) is 19.1 Å². The standard InChI is InChI=1S/C12H21N3/c1-5-9(2)8-15-11(4)12(6-7-13)10(3)14-15/h2,5-8,13H2,1,3-4H3. The van der Waals surface area contributed by atoms with Gasteiger partial charge in [0.05, 0.1) is 12.2 Å². The molecule has 1 aromatic heterocycles. The molecule has 0 aliphatic carbocycles.